The van der Waals surface area contributed by atoms with Gasteiger partial charge < -0.3 is 5.43 Å². The molecule has 1 amide bonds. The normalized spacial score (nSPS) is 18.6. The van der Waals surface area contributed by atoms with Gasteiger partial charge >= 0.3 is 0 Å². The van der Waals surface area contributed by atoms with Crippen LogP contribution >= 0.6 is 0 Å². The van der Waals surface area contributed by atoms with E-state index in [1.165, 1.54) is 0 Å². The number of nitrogens with one attached hydrogen (secondary N) is 2. The minimum Gasteiger partial charge on any atom is -0.306 e. The molecule has 0 bridgehead atoms. The Morgan fingerprint density at radius 1 is 1.75 bits per heavy atom. The third-order valence-corrected chi connectivity index (χ3v) is 0.970. The highest BCUT2D eigenvalue weighted by Gasteiger charge is 2.04. The van der Waals surface area contributed by atoms with Crippen LogP contribution < -0.4 is 10.9 Å². The van der Waals surface area contributed by atoms with Crippen LogP contribution in [0.5, 0.6) is 0 Å². The second-order valence-electron chi connectivity index (χ2n) is 1.86. The van der Waals surface area contributed by atoms with Gasteiger partial charge in [-0.3, -0.25) is 10.2 Å². The summed E-state index contributed by atoms with van der Waals surface area (Å²) in [4.78, 5) is 10.5. The lowest BCUT2D eigenvalue weighted by atomic mass is 10.2. The Morgan fingerprint density at radius 3 is 2.88 bits per heavy atom. The summed E-state index contributed by atoms with van der Waals surface area (Å²) in [6.45, 7) is 1.91. The molecule has 3 heteroatoms. The van der Waals surface area contributed by atoms with Crippen LogP contribution in [0.2, 0.25) is 0 Å². The van der Waals surface area contributed by atoms with Gasteiger partial charge in [0, 0.05) is 6.20 Å². The molecule has 0 saturated heterocycles. The van der Waals surface area contributed by atoms with E-state index in [-0.39, 0.29) is 5.91 Å². The molecule has 1 rings (SSSR count). The van der Waals surface area contributed by atoms with E-state index in [0.29, 0.717) is 6.42 Å². The van der Waals surface area contributed by atoms with E-state index >= 15 is 0 Å². The van der Waals surface area contributed by atoms with Crippen LogP contribution in [0.3, 0.4) is 0 Å². The zero-order chi connectivity index (χ0) is 5.98. The van der Waals surface area contributed by atoms with Gasteiger partial charge in [-0.1, -0.05) is 0 Å². The molecular formula is C5H8N2O. The molecule has 44 valence electrons. The molecule has 0 spiro atoms. The van der Waals surface area contributed by atoms with E-state index in [1.807, 2.05) is 6.92 Å². The van der Waals surface area contributed by atoms with Crippen LogP contribution in [-0.2, 0) is 4.79 Å². The molecule has 0 saturated carbocycles. The maximum atomic E-state index is 10.5. The van der Waals surface area contributed by atoms with Crippen molar-refractivity contribution in [2.45, 2.75) is 13.3 Å². The van der Waals surface area contributed by atoms with Gasteiger partial charge in [0.15, 0.2) is 0 Å². The van der Waals surface area contributed by atoms with Crippen LogP contribution in [-0.4, -0.2) is 5.91 Å². The van der Waals surface area contributed by atoms with E-state index in [9.17, 15) is 4.79 Å². The molecular weight excluding hydrogens is 104 g/mol. The summed E-state index contributed by atoms with van der Waals surface area (Å²) in [5, 5.41) is 0. The van der Waals surface area contributed by atoms with Gasteiger partial charge in [-0.15, -0.1) is 0 Å². The van der Waals surface area contributed by atoms with Gasteiger partial charge in [-0.25, -0.2) is 0 Å². The Morgan fingerprint density at radius 2 is 2.50 bits per heavy atom. The molecule has 3 nitrogen and oxygen atoms in total. The van der Waals surface area contributed by atoms with Crippen molar-refractivity contribution in [3.05, 3.63) is 11.8 Å². The van der Waals surface area contributed by atoms with Crippen LogP contribution in [0.1, 0.15) is 13.3 Å². The summed E-state index contributed by atoms with van der Waals surface area (Å²) < 4.78 is 0. The Balaban J connectivity index is 2.57. The maximum absolute atomic E-state index is 10.5. The summed E-state index contributed by atoms with van der Waals surface area (Å²) in [5.74, 6) is 0.0324. The molecule has 0 aromatic rings. The number of hydrazine groups is 1. The zero-order valence-electron chi connectivity index (χ0n) is 4.69. The van der Waals surface area contributed by atoms with Crippen molar-refractivity contribution in [2.24, 2.45) is 0 Å². The van der Waals surface area contributed by atoms with Gasteiger partial charge in [0.1, 0.15) is 0 Å². The fourth-order valence-corrected chi connectivity index (χ4v) is 0.588. The molecule has 0 aromatic carbocycles. The second-order valence-corrected chi connectivity index (χ2v) is 1.86. The smallest absolute Gasteiger partial charge is 0.242 e. The summed E-state index contributed by atoms with van der Waals surface area (Å²) in [7, 11) is 0. The summed E-state index contributed by atoms with van der Waals surface area (Å²) in [5.41, 5.74) is 6.13. The van der Waals surface area contributed by atoms with Crippen molar-refractivity contribution >= 4 is 5.91 Å². The van der Waals surface area contributed by atoms with Gasteiger partial charge in [0.05, 0.1) is 6.42 Å². The maximum Gasteiger partial charge on any atom is 0.242 e. The minimum absolute atomic E-state index is 0.0324. The predicted octanol–water partition coefficient (Wildman–Crippen LogP) is -0.0853. The largest absolute Gasteiger partial charge is 0.306 e. The summed E-state index contributed by atoms with van der Waals surface area (Å²) in [6.07, 6.45) is 2.30. The average Bonchev–Trinajstić information content (AvgIpc) is 1.64. The standard InChI is InChI=1S/C5H8N2O/c1-4-2-5(8)7-6-3-4/h3,6H,2H2,1H3,(H,7,8). The quantitative estimate of drug-likeness (QED) is 0.460. The molecule has 0 aromatic heterocycles. The van der Waals surface area contributed by atoms with Gasteiger partial charge in [0.25, 0.3) is 0 Å². The Labute approximate surface area is 47.7 Å². The number of hydrogen-bond acceptors (Lipinski definition) is 2. The number of rotatable bonds is 0. The van der Waals surface area contributed by atoms with Gasteiger partial charge in [-0.2, -0.15) is 0 Å². The molecule has 0 atom stereocenters. The highest BCUT2D eigenvalue weighted by molar-refractivity contribution is 5.78. The second kappa shape index (κ2) is 1.86. The Kier molecular flexibility index (Phi) is 1.20. The van der Waals surface area contributed by atoms with E-state index in [1.54, 1.807) is 6.20 Å². The van der Waals surface area contributed by atoms with E-state index in [4.69, 9.17) is 0 Å². The predicted molar refractivity (Wildman–Crippen MR) is 29.7 cm³/mol. The lowest BCUT2D eigenvalue weighted by Gasteiger charge is -2.10. The SMILES string of the molecule is CC1=CNNC(=O)C1. The van der Waals surface area contributed by atoms with Crippen molar-refractivity contribution in [3.8, 4) is 0 Å². The van der Waals surface area contributed by atoms with Crippen molar-refractivity contribution in [1.82, 2.24) is 10.9 Å². The lowest BCUT2D eigenvalue weighted by molar-refractivity contribution is -0.121. The first-order valence-corrected chi connectivity index (χ1v) is 2.49. The molecule has 0 aliphatic carbocycles. The summed E-state index contributed by atoms with van der Waals surface area (Å²) >= 11 is 0. The van der Waals surface area contributed by atoms with E-state index < -0.39 is 0 Å². The monoisotopic (exact) mass is 112 g/mol. The number of carbonyl (C=O) groups is 1. The van der Waals surface area contributed by atoms with Crippen molar-refractivity contribution in [1.29, 1.82) is 0 Å². The highest BCUT2D eigenvalue weighted by atomic mass is 16.2. The average molecular weight is 112 g/mol. The highest BCUT2D eigenvalue weighted by Crippen LogP contribution is 1.98. The topological polar surface area (TPSA) is 41.1 Å². The molecule has 1 aliphatic rings. The Bertz CT molecular complexity index is 139. The van der Waals surface area contributed by atoms with Crippen LogP contribution in [0.15, 0.2) is 11.8 Å². The number of hydrogen-bond donors (Lipinski definition) is 2. The number of carbonyl (C=O) groups excluding carboxylic acids is 1. The molecule has 1 heterocycles. The fraction of sp³-hybridized carbons (Fsp3) is 0.400. The molecule has 8 heavy (non-hydrogen) atoms. The molecule has 0 radical (unpaired) electrons. The minimum atomic E-state index is 0.0324. The molecule has 2 N–H and O–H groups in total. The first-order valence-electron chi connectivity index (χ1n) is 2.49. The third-order valence-electron chi connectivity index (χ3n) is 0.970. The van der Waals surface area contributed by atoms with E-state index in [2.05, 4.69) is 10.9 Å². The third kappa shape index (κ3) is 0.992. The van der Waals surface area contributed by atoms with Crippen LogP contribution in [0.25, 0.3) is 0 Å². The molecule has 0 unspecified atom stereocenters. The van der Waals surface area contributed by atoms with E-state index in [0.717, 1.165) is 5.57 Å². The van der Waals surface area contributed by atoms with Gasteiger partial charge in [-0.05, 0) is 12.5 Å². The number of amides is 1. The lowest BCUT2D eigenvalue weighted by Crippen LogP contribution is -2.37. The fourth-order valence-electron chi connectivity index (χ4n) is 0.588. The Hall–Kier alpha value is -0.990. The van der Waals surface area contributed by atoms with Crippen molar-refractivity contribution in [2.75, 3.05) is 0 Å². The molecule has 1 aliphatic heterocycles. The van der Waals surface area contributed by atoms with Crippen molar-refractivity contribution in [3.63, 3.8) is 0 Å². The summed E-state index contributed by atoms with van der Waals surface area (Å²) in [6, 6.07) is 0. The zero-order valence-corrected chi connectivity index (χ0v) is 4.69. The van der Waals surface area contributed by atoms with Crippen molar-refractivity contribution < 1.29 is 4.79 Å². The van der Waals surface area contributed by atoms with Crippen LogP contribution in [0, 0.1) is 0 Å². The van der Waals surface area contributed by atoms with Gasteiger partial charge in [0.2, 0.25) is 5.91 Å². The van der Waals surface area contributed by atoms with Crippen LogP contribution in [0.4, 0.5) is 0 Å². The first-order chi connectivity index (χ1) is 3.79. The molecule has 0 fully saturated rings. The first kappa shape index (κ1) is 5.15.